The summed E-state index contributed by atoms with van der Waals surface area (Å²) in [6.45, 7) is 4.32. The second-order valence-corrected chi connectivity index (χ2v) is 6.71. The van der Waals surface area contributed by atoms with E-state index in [0.717, 1.165) is 29.7 Å². The molecule has 0 radical (unpaired) electrons. The van der Waals surface area contributed by atoms with Gasteiger partial charge in [0.25, 0.3) is 0 Å². The Hall–Kier alpha value is -1.75. The summed E-state index contributed by atoms with van der Waals surface area (Å²) in [6.07, 6.45) is 3.34. The normalized spacial score (nSPS) is 17.0. The third-order valence-electron chi connectivity index (χ3n) is 4.26. The van der Waals surface area contributed by atoms with E-state index in [9.17, 15) is 4.79 Å². The smallest absolute Gasteiger partial charge is 0.223 e. The lowest BCUT2D eigenvalue weighted by molar-refractivity contribution is -0.134. The molecule has 1 aromatic heterocycles. The van der Waals surface area contributed by atoms with Gasteiger partial charge in [-0.15, -0.1) is 0 Å². The molecule has 1 aromatic carbocycles. The second-order valence-electron chi connectivity index (χ2n) is 5.80. The van der Waals surface area contributed by atoms with Crippen molar-refractivity contribution >= 4 is 21.8 Å². The molecule has 1 unspecified atom stereocenters. The van der Waals surface area contributed by atoms with Crippen LogP contribution in [0.3, 0.4) is 0 Å². The Morgan fingerprint density at radius 3 is 3.00 bits per heavy atom. The minimum Gasteiger partial charge on any atom is -0.494 e. The zero-order chi connectivity index (χ0) is 16.2. The summed E-state index contributed by atoms with van der Waals surface area (Å²) < 4.78 is 8.91. The fourth-order valence-electron chi connectivity index (χ4n) is 3.03. The van der Waals surface area contributed by atoms with Crippen LogP contribution in [0, 0.1) is 0 Å². The van der Waals surface area contributed by atoms with Gasteiger partial charge in [0.15, 0.2) is 0 Å². The van der Waals surface area contributed by atoms with E-state index in [1.807, 2.05) is 35.2 Å². The standard InChI is InChI=1S/C18H21BrN2O2/c1-14-17-7-3-9-20(17)10-11-21(14)18(22)8-4-12-23-16-6-2-5-15(19)13-16/h2-3,5-7,9,13-14H,4,8,10-12H2,1H3. The number of benzene rings is 1. The van der Waals surface area contributed by atoms with Gasteiger partial charge >= 0.3 is 0 Å². The Balaban J connectivity index is 1.47. The number of carbonyl (C=O) groups excluding carboxylic acids is 1. The number of nitrogens with zero attached hydrogens (tertiary/aromatic N) is 2. The van der Waals surface area contributed by atoms with Crippen LogP contribution in [0.1, 0.15) is 31.5 Å². The van der Waals surface area contributed by atoms with Crippen LogP contribution in [0.2, 0.25) is 0 Å². The maximum Gasteiger partial charge on any atom is 0.223 e. The number of hydrogen-bond donors (Lipinski definition) is 0. The highest BCUT2D eigenvalue weighted by atomic mass is 79.9. The summed E-state index contributed by atoms with van der Waals surface area (Å²) in [5.41, 5.74) is 1.22. The molecule has 2 heterocycles. The number of rotatable bonds is 5. The lowest BCUT2D eigenvalue weighted by atomic mass is 10.1. The zero-order valence-electron chi connectivity index (χ0n) is 13.2. The van der Waals surface area contributed by atoms with Crippen molar-refractivity contribution in [1.29, 1.82) is 0 Å². The molecule has 0 aliphatic carbocycles. The van der Waals surface area contributed by atoms with Gasteiger partial charge in [-0.25, -0.2) is 0 Å². The van der Waals surface area contributed by atoms with Gasteiger partial charge < -0.3 is 14.2 Å². The first kappa shape index (κ1) is 16.1. The Kier molecular flexibility index (Phi) is 5.06. The summed E-state index contributed by atoms with van der Waals surface area (Å²) in [5, 5.41) is 0. The Bertz CT molecular complexity index is 683. The number of ether oxygens (including phenoxy) is 1. The average Bonchev–Trinajstić information content (AvgIpc) is 3.01. The predicted octanol–water partition coefficient (Wildman–Crippen LogP) is 4.01. The molecule has 1 amide bonds. The largest absolute Gasteiger partial charge is 0.494 e. The predicted molar refractivity (Wildman–Crippen MR) is 93.4 cm³/mol. The summed E-state index contributed by atoms with van der Waals surface area (Å²) in [4.78, 5) is 14.4. The number of fused-ring (bicyclic) bond motifs is 1. The Morgan fingerprint density at radius 1 is 1.30 bits per heavy atom. The van der Waals surface area contributed by atoms with Gasteiger partial charge in [0.05, 0.1) is 12.6 Å². The van der Waals surface area contributed by atoms with Crippen LogP contribution in [0.15, 0.2) is 47.1 Å². The van der Waals surface area contributed by atoms with Crippen LogP contribution < -0.4 is 4.74 Å². The molecular weight excluding hydrogens is 356 g/mol. The summed E-state index contributed by atoms with van der Waals surface area (Å²) in [5.74, 6) is 1.04. The number of carbonyl (C=O) groups is 1. The molecule has 5 heteroatoms. The third-order valence-corrected chi connectivity index (χ3v) is 4.76. The van der Waals surface area contributed by atoms with Crippen LogP contribution in [0.4, 0.5) is 0 Å². The highest BCUT2D eigenvalue weighted by Crippen LogP contribution is 2.26. The number of halogens is 1. The molecule has 1 atom stereocenters. The van der Waals surface area contributed by atoms with E-state index in [0.29, 0.717) is 13.0 Å². The molecule has 122 valence electrons. The van der Waals surface area contributed by atoms with Crippen molar-refractivity contribution in [2.24, 2.45) is 0 Å². The highest BCUT2D eigenvalue weighted by Gasteiger charge is 2.26. The lowest BCUT2D eigenvalue weighted by Crippen LogP contribution is -2.40. The van der Waals surface area contributed by atoms with E-state index >= 15 is 0 Å². The molecule has 4 nitrogen and oxygen atoms in total. The molecule has 0 saturated carbocycles. The maximum absolute atomic E-state index is 12.5. The van der Waals surface area contributed by atoms with E-state index < -0.39 is 0 Å². The van der Waals surface area contributed by atoms with Crippen LogP contribution in [-0.2, 0) is 11.3 Å². The molecule has 3 rings (SSSR count). The van der Waals surface area contributed by atoms with Crippen molar-refractivity contribution in [2.45, 2.75) is 32.4 Å². The van der Waals surface area contributed by atoms with Crippen molar-refractivity contribution in [1.82, 2.24) is 9.47 Å². The van der Waals surface area contributed by atoms with Crippen molar-refractivity contribution in [3.8, 4) is 5.75 Å². The van der Waals surface area contributed by atoms with E-state index in [-0.39, 0.29) is 11.9 Å². The Labute approximate surface area is 145 Å². The van der Waals surface area contributed by atoms with E-state index in [1.54, 1.807) is 0 Å². The van der Waals surface area contributed by atoms with E-state index in [2.05, 4.69) is 39.7 Å². The Morgan fingerprint density at radius 2 is 2.17 bits per heavy atom. The maximum atomic E-state index is 12.5. The van der Waals surface area contributed by atoms with E-state index in [1.165, 1.54) is 5.69 Å². The van der Waals surface area contributed by atoms with Gasteiger partial charge in [0.1, 0.15) is 5.75 Å². The van der Waals surface area contributed by atoms with Crippen molar-refractivity contribution in [2.75, 3.05) is 13.2 Å². The fraction of sp³-hybridized carbons (Fsp3) is 0.389. The number of aromatic nitrogens is 1. The van der Waals surface area contributed by atoms with Gasteiger partial charge in [-0.3, -0.25) is 4.79 Å². The first-order valence-electron chi connectivity index (χ1n) is 7.98. The van der Waals surface area contributed by atoms with Gasteiger partial charge in [0.2, 0.25) is 5.91 Å². The zero-order valence-corrected chi connectivity index (χ0v) is 14.8. The molecule has 0 fully saturated rings. The SMILES string of the molecule is CC1c2cccn2CCN1C(=O)CCCOc1cccc(Br)c1. The fourth-order valence-corrected chi connectivity index (χ4v) is 3.41. The molecule has 0 spiro atoms. The van der Waals surface area contributed by atoms with Crippen LogP contribution in [-0.4, -0.2) is 28.5 Å². The number of amides is 1. The van der Waals surface area contributed by atoms with Crippen LogP contribution in [0.25, 0.3) is 0 Å². The summed E-state index contributed by atoms with van der Waals surface area (Å²) in [6, 6.07) is 12.1. The van der Waals surface area contributed by atoms with Crippen molar-refractivity contribution in [3.05, 3.63) is 52.8 Å². The molecule has 0 N–H and O–H groups in total. The topological polar surface area (TPSA) is 34.5 Å². The quantitative estimate of drug-likeness (QED) is 0.738. The highest BCUT2D eigenvalue weighted by molar-refractivity contribution is 9.10. The minimum atomic E-state index is 0.150. The molecular formula is C18H21BrN2O2. The number of hydrogen-bond acceptors (Lipinski definition) is 2. The average molecular weight is 377 g/mol. The lowest BCUT2D eigenvalue weighted by Gasteiger charge is -2.35. The van der Waals surface area contributed by atoms with Crippen molar-refractivity contribution < 1.29 is 9.53 Å². The molecule has 0 bridgehead atoms. The molecule has 0 saturated heterocycles. The minimum absolute atomic E-state index is 0.150. The van der Waals surface area contributed by atoms with Crippen LogP contribution in [0.5, 0.6) is 5.75 Å². The molecule has 1 aliphatic heterocycles. The first-order chi connectivity index (χ1) is 11.1. The first-order valence-corrected chi connectivity index (χ1v) is 8.77. The second kappa shape index (κ2) is 7.21. The summed E-state index contributed by atoms with van der Waals surface area (Å²) >= 11 is 3.42. The van der Waals surface area contributed by atoms with Gasteiger partial charge in [0, 0.05) is 35.9 Å². The van der Waals surface area contributed by atoms with Gasteiger partial charge in [-0.05, 0) is 43.7 Å². The van der Waals surface area contributed by atoms with Crippen LogP contribution >= 0.6 is 15.9 Å². The van der Waals surface area contributed by atoms with Crippen molar-refractivity contribution in [3.63, 3.8) is 0 Å². The third kappa shape index (κ3) is 3.78. The molecule has 1 aliphatic rings. The molecule has 2 aromatic rings. The van der Waals surface area contributed by atoms with Gasteiger partial charge in [-0.1, -0.05) is 22.0 Å². The van der Waals surface area contributed by atoms with E-state index in [4.69, 9.17) is 4.74 Å². The monoisotopic (exact) mass is 376 g/mol. The molecule has 23 heavy (non-hydrogen) atoms. The van der Waals surface area contributed by atoms with Gasteiger partial charge in [-0.2, -0.15) is 0 Å². The summed E-state index contributed by atoms with van der Waals surface area (Å²) in [7, 11) is 0.